The number of halogens is 2. The molecule has 6 heteroatoms. The van der Waals surface area contributed by atoms with E-state index < -0.39 is 4.92 Å². The Bertz CT molecular complexity index is 445. The summed E-state index contributed by atoms with van der Waals surface area (Å²) in [6.07, 6.45) is 4.28. The van der Waals surface area contributed by atoms with Gasteiger partial charge in [-0.2, -0.15) is 0 Å². The number of hydrogen-bond donors (Lipinski definition) is 0. The Morgan fingerprint density at radius 2 is 1.88 bits per heavy atom. The lowest BCUT2D eigenvalue weighted by atomic mass is 10.2. The Morgan fingerprint density at radius 3 is 2.47 bits per heavy atom. The molecule has 0 heterocycles. The number of nitro groups is 1. The summed E-state index contributed by atoms with van der Waals surface area (Å²) in [6.45, 7) is 0. The molecule has 1 saturated carbocycles. The number of nitro benzene ring substituents is 1. The summed E-state index contributed by atoms with van der Waals surface area (Å²) in [5, 5.41) is 11.1. The molecule has 0 bridgehead atoms. The third kappa shape index (κ3) is 2.82. The van der Waals surface area contributed by atoms with E-state index in [-0.39, 0.29) is 16.8 Å². The summed E-state index contributed by atoms with van der Waals surface area (Å²) in [5.41, 5.74) is -0.177. The number of nitrogens with zero attached hydrogens (tertiary/aromatic N) is 1. The van der Waals surface area contributed by atoms with Crippen LogP contribution in [0.2, 0.25) is 10.0 Å². The van der Waals surface area contributed by atoms with Crippen LogP contribution >= 0.6 is 23.2 Å². The minimum absolute atomic E-state index is 0.0266. The normalized spacial score (nSPS) is 16.1. The molecular weight excluding hydrogens is 265 g/mol. The molecule has 1 aromatic rings. The summed E-state index contributed by atoms with van der Waals surface area (Å²) >= 11 is 11.7. The van der Waals surface area contributed by atoms with Crippen molar-refractivity contribution in [3.63, 3.8) is 0 Å². The Kier molecular flexibility index (Phi) is 3.74. The molecule has 0 unspecified atom stereocenters. The second kappa shape index (κ2) is 5.10. The highest BCUT2D eigenvalue weighted by Gasteiger charge is 2.21. The zero-order valence-corrected chi connectivity index (χ0v) is 10.5. The van der Waals surface area contributed by atoms with Gasteiger partial charge >= 0.3 is 0 Å². The maximum atomic E-state index is 10.7. The topological polar surface area (TPSA) is 52.4 Å². The zero-order chi connectivity index (χ0) is 12.4. The third-order valence-electron chi connectivity index (χ3n) is 2.79. The van der Waals surface area contributed by atoms with Crippen molar-refractivity contribution >= 4 is 28.9 Å². The van der Waals surface area contributed by atoms with Gasteiger partial charge in [0.2, 0.25) is 0 Å². The van der Waals surface area contributed by atoms with Crippen LogP contribution in [-0.2, 0) is 0 Å². The molecule has 0 saturated heterocycles. The van der Waals surface area contributed by atoms with Crippen LogP contribution in [0.4, 0.5) is 5.69 Å². The van der Waals surface area contributed by atoms with Crippen LogP contribution in [0.1, 0.15) is 25.7 Å². The van der Waals surface area contributed by atoms with Crippen LogP contribution in [0.25, 0.3) is 0 Å². The van der Waals surface area contributed by atoms with Crippen molar-refractivity contribution in [3.8, 4) is 5.75 Å². The maximum absolute atomic E-state index is 10.7. The number of ether oxygens (including phenoxy) is 1. The minimum atomic E-state index is -0.541. The molecule has 2 rings (SSSR count). The Hall–Kier alpha value is -1.00. The van der Waals surface area contributed by atoms with Gasteiger partial charge in [0.25, 0.3) is 5.69 Å². The van der Waals surface area contributed by atoms with E-state index in [0.29, 0.717) is 10.8 Å². The van der Waals surface area contributed by atoms with E-state index in [4.69, 9.17) is 27.9 Å². The van der Waals surface area contributed by atoms with Crippen molar-refractivity contribution in [2.45, 2.75) is 31.8 Å². The summed E-state index contributed by atoms with van der Waals surface area (Å²) in [5.74, 6) is 0.342. The highest BCUT2D eigenvalue weighted by atomic mass is 35.5. The first-order valence-corrected chi connectivity index (χ1v) is 6.13. The van der Waals surface area contributed by atoms with Crippen molar-refractivity contribution < 1.29 is 9.66 Å². The van der Waals surface area contributed by atoms with Crippen molar-refractivity contribution in [1.29, 1.82) is 0 Å². The van der Waals surface area contributed by atoms with Crippen molar-refractivity contribution in [1.82, 2.24) is 0 Å². The quantitative estimate of drug-likeness (QED) is 0.613. The minimum Gasteiger partial charge on any atom is -0.489 e. The molecule has 4 nitrogen and oxygen atoms in total. The van der Waals surface area contributed by atoms with Crippen LogP contribution in [-0.4, -0.2) is 11.0 Å². The van der Waals surface area contributed by atoms with Crippen LogP contribution in [0.15, 0.2) is 12.1 Å². The molecule has 0 aromatic heterocycles. The maximum Gasteiger partial charge on any atom is 0.291 e. The van der Waals surface area contributed by atoms with Gasteiger partial charge in [-0.05, 0) is 31.7 Å². The van der Waals surface area contributed by atoms with Crippen LogP contribution in [0.3, 0.4) is 0 Å². The molecule has 0 atom stereocenters. The van der Waals surface area contributed by atoms with Gasteiger partial charge < -0.3 is 4.74 Å². The SMILES string of the molecule is O=[N+]([O-])c1cc(OC2CCCC2)c(Cl)cc1Cl. The van der Waals surface area contributed by atoms with Gasteiger partial charge in [-0.15, -0.1) is 0 Å². The molecule has 0 radical (unpaired) electrons. The van der Waals surface area contributed by atoms with Gasteiger partial charge in [-0.1, -0.05) is 23.2 Å². The molecular formula is C11H11Cl2NO3. The number of benzene rings is 1. The highest BCUT2D eigenvalue weighted by molar-refractivity contribution is 6.36. The first-order chi connectivity index (χ1) is 8.08. The Balaban J connectivity index is 2.26. The fourth-order valence-electron chi connectivity index (χ4n) is 1.93. The number of rotatable bonds is 3. The van der Waals surface area contributed by atoms with E-state index in [0.717, 1.165) is 25.7 Å². The van der Waals surface area contributed by atoms with Gasteiger partial charge in [-0.25, -0.2) is 0 Å². The van der Waals surface area contributed by atoms with E-state index in [1.807, 2.05) is 0 Å². The summed E-state index contributed by atoms with van der Waals surface area (Å²) in [7, 11) is 0. The van der Waals surface area contributed by atoms with Crippen LogP contribution < -0.4 is 4.74 Å². The van der Waals surface area contributed by atoms with Gasteiger partial charge in [0.15, 0.2) is 0 Å². The number of hydrogen-bond acceptors (Lipinski definition) is 3. The van der Waals surface area contributed by atoms with Crippen molar-refractivity contribution in [3.05, 3.63) is 32.3 Å². The highest BCUT2D eigenvalue weighted by Crippen LogP contribution is 2.37. The van der Waals surface area contributed by atoms with E-state index in [2.05, 4.69) is 0 Å². The van der Waals surface area contributed by atoms with E-state index in [1.165, 1.54) is 12.1 Å². The fourth-order valence-corrected chi connectivity index (χ4v) is 2.43. The molecule has 92 valence electrons. The molecule has 0 N–H and O–H groups in total. The van der Waals surface area contributed by atoms with Gasteiger partial charge in [0.1, 0.15) is 10.8 Å². The molecule has 17 heavy (non-hydrogen) atoms. The predicted octanol–water partition coefficient (Wildman–Crippen LogP) is 4.22. The van der Waals surface area contributed by atoms with Crippen LogP contribution in [0.5, 0.6) is 5.75 Å². The van der Waals surface area contributed by atoms with Crippen molar-refractivity contribution in [2.75, 3.05) is 0 Å². The monoisotopic (exact) mass is 275 g/mol. The molecule has 1 aliphatic carbocycles. The van der Waals surface area contributed by atoms with Gasteiger partial charge in [-0.3, -0.25) is 10.1 Å². The zero-order valence-electron chi connectivity index (χ0n) is 8.99. The first kappa shape index (κ1) is 12.5. The van der Waals surface area contributed by atoms with E-state index in [1.54, 1.807) is 0 Å². The molecule has 0 spiro atoms. The lowest BCUT2D eigenvalue weighted by Gasteiger charge is -2.14. The molecule has 0 aliphatic heterocycles. The lowest BCUT2D eigenvalue weighted by Crippen LogP contribution is -2.11. The summed E-state index contributed by atoms with van der Waals surface area (Å²) in [6, 6.07) is 2.65. The van der Waals surface area contributed by atoms with E-state index >= 15 is 0 Å². The summed E-state index contributed by atoms with van der Waals surface area (Å²) in [4.78, 5) is 10.2. The fraction of sp³-hybridized carbons (Fsp3) is 0.455. The second-order valence-corrected chi connectivity index (χ2v) is 4.83. The molecule has 0 amide bonds. The second-order valence-electron chi connectivity index (χ2n) is 4.02. The van der Waals surface area contributed by atoms with Gasteiger partial charge in [0, 0.05) is 0 Å². The standard InChI is InChI=1S/C11H11Cl2NO3/c12-8-5-9(13)11(6-10(8)14(15)16)17-7-3-1-2-4-7/h5-7H,1-4H2. The van der Waals surface area contributed by atoms with Crippen molar-refractivity contribution in [2.24, 2.45) is 0 Å². The third-order valence-corrected chi connectivity index (χ3v) is 3.39. The van der Waals surface area contributed by atoms with Crippen LogP contribution in [0, 0.1) is 10.1 Å². The average molecular weight is 276 g/mol. The average Bonchev–Trinajstić information content (AvgIpc) is 2.74. The van der Waals surface area contributed by atoms with E-state index in [9.17, 15) is 10.1 Å². The Labute approximate surface area is 109 Å². The largest absolute Gasteiger partial charge is 0.489 e. The summed E-state index contributed by atoms with van der Waals surface area (Å²) < 4.78 is 5.66. The molecule has 1 aliphatic rings. The lowest BCUT2D eigenvalue weighted by molar-refractivity contribution is -0.384. The Morgan fingerprint density at radius 1 is 1.24 bits per heavy atom. The first-order valence-electron chi connectivity index (χ1n) is 5.38. The molecule has 1 fully saturated rings. The molecule has 1 aromatic carbocycles. The predicted molar refractivity (Wildman–Crippen MR) is 66.0 cm³/mol. The van der Waals surface area contributed by atoms with Gasteiger partial charge in [0.05, 0.1) is 22.1 Å². The smallest absolute Gasteiger partial charge is 0.291 e.